The molecule has 0 aliphatic carbocycles. The van der Waals surface area contributed by atoms with Crippen molar-refractivity contribution in [3.63, 3.8) is 0 Å². The number of nitriles is 1. The minimum atomic E-state index is -0.447. The molecule has 3 nitrogen and oxygen atoms in total. The van der Waals surface area contributed by atoms with Crippen LogP contribution in [0.3, 0.4) is 0 Å². The van der Waals surface area contributed by atoms with Gasteiger partial charge in [-0.2, -0.15) is 5.26 Å². The van der Waals surface area contributed by atoms with Crippen LogP contribution in [0.1, 0.15) is 61.8 Å². The maximum atomic E-state index is 9.45. The van der Waals surface area contributed by atoms with Crippen molar-refractivity contribution in [2.24, 2.45) is 5.92 Å². The molecule has 0 radical (unpaired) electrons. The first kappa shape index (κ1) is 18.4. The van der Waals surface area contributed by atoms with Gasteiger partial charge >= 0.3 is 0 Å². The van der Waals surface area contributed by atoms with Crippen LogP contribution in [0, 0.1) is 17.2 Å². The fourth-order valence-electron chi connectivity index (χ4n) is 2.80. The molecule has 0 fully saturated rings. The lowest BCUT2D eigenvalue weighted by Gasteiger charge is -2.38. The van der Waals surface area contributed by atoms with Crippen LogP contribution in [0.15, 0.2) is 0 Å². The average Bonchev–Trinajstić information content (AvgIpc) is 2.23. The second-order valence-electron chi connectivity index (χ2n) is 6.98. The van der Waals surface area contributed by atoms with Gasteiger partial charge in [0.25, 0.3) is 0 Å². The molecule has 0 saturated carbocycles. The highest BCUT2D eigenvalue weighted by Crippen LogP contribution is 2.19. The fraction of sp³-hybridized carbons (Fsp3) is 0.938. The summed E-state index contributed by atoms with van der Waals surface area (Å²) in [4.78, 5) is 2.50. The van der Waals surface area contributed by atoms with Gasteiger partial charge in [0.2, 0.25) is 0 Å². The van der Waals surface area contributed by atoms with E-state index in [4.69, 9.17) is 0 Å². The Bertz CT molecular complexity index is 291. The second-order valence-corrected chi connectivity index (χ2v) is 6.98. The van der Waals surface area contributed by atoms with Crippen molar-refractivity contribution in [3.8, 4) is 6.07 Å². The molecule has 0 aromatic heterocycles. The highest BCUT2D eigenvalue weighted by Gasteiger charge is 2.30. The minimum absolute atomic E-state index is 0.328. The van der Waals surface area contributed by atoms with Crippen LogP contribution >= 0.6 is 0 Å². The number of hydrogen-bond donors (Lipinski definition) is 1. The molecule has 2 unspecified atom stereocenters. The van der Waals surface area contributed by atoms with E-state index in [9.17, 15) is 5.26 Å². The molecule has 112 valence electrons. The van der Waals surface area contributed by atoms with Crippen LogP contribution in [-0.4, -0.2) is 35.1 Å². The van der Waals surface area contributed by atoms with E-state index in [1.54, 1.807) is 0 Å². The van der Waals surface area contributed by atoms with E-state index in [1.807, 2.05) is 6.92 Å². The van der Waals surface area contributed by atoms with Crippen LogP contribution in [0.5, 0.6) is 0 Å². The third-order valence-corrected chi connectivity index (χ3v) is 3.36. The maximum Gasteiger partial charge on any atom is 0.105 e. The molecule has 0 saturated heterocycles. The Hall–Kier alpha value is -0.590. The van der Waals surface area contributed by atoms with E-state index in [2.05, 4.69) is 64.8 Å². The molecule has 2 atom stereocenters. The lowest BCUT2D eigenvalue weighted by molar-refractivity contribution is 0.122. The van der Waals surface area contributed by atoms with Crippen LogP contribution < -0.4 is 5.32 Å². The number of hydrogen-bond acceptors (Lipinski definition) is 3. The second kappa shape index (κ2) is 7.87. The van der Waals surface area contributed by atoms with Crippen molar-refractivity contribution in [2.45, 2.75) is 85.5 Å². The summed E-state index contributed by atoms with van der Waals surface area (Å²) in [6.45, 7) is 18.5. The van der Waals surface area contributed by atoms with Crippen LogP contribution in [0.2, 0.25) is 0 Å². The Labute approximate surface area is 120 Å². The summed E-state index contributed by atoms with van der Waals surface area (Å²) in [6.07, 6.45) is 0.854. The lowest BCUT2D eigenvalue weighted by atomic mass is 9.92. The maximum absolute atomic E-state index is 9.45. The van der Waals surface area contributed by atoms with Crippen molar-refractivity contribution in [1.82, 2.24) is 10.2 Å². The molecule has 0 aromatic carbocycles. The first-order valence-corrected chi connectivity index (χ1v) is 7.56. The fourth-order valence-corrected chi connectivity index (χ4v) is 2.80. The van der Waals surface area contributed by atoms with Crippen molar-refractivity contribution < 1.29 is 0 Å². The molecule has 0 heterocycles. The quantitative estimate of drug-likeness (QED) is 0.732. The third-order valence-electron chi connectivity index (χ3n) is 3.36. The summed E-state index contributed by atoms with van der Waals surface area (Å²) in [7, 11) is 0. The molecule has 0 bridgehead atoms. The van der Waals surface area contributed by atoms with Gasteiger partial charge in [0.05, 0.1) is 6.07 Å². The Morgan fingerprint density at radius 2 is 1.63 bits per heavy atom. The Balaban J connectivity index is 4.77. The predicted octanol–water partition coefficient (Wildman–Crippen LogP) is 3.41. The van der Waals surface area contributed by atoms with Gasteiger partial charge in [-0.1, -0.05) is 13.8 Å². The first-order valence-electron chi connectivity index (χ1n) is 7.56. The van der Waals surface area contributed by atoms with Gasteiger partial charge in [-0.3, -0.25) is 10.2 Å². The molecule has 1 N–H and O–H groups in total. The zero-order valence-corrected chi connectivity index (χ0v) is 14.1. The normalized spacial score (nSPS) is 17.0. The number of rotatable bonds is 8. The highest BCUT2D eigenvalue weighted by molar-refractivity contribution is 5.06. The molecule has 0 aliphatic heterocycles. The van der Waals surface area contributed by atoms with Gasteiger partial charge in [-0.15, -0.1) is 0 Å². The largest absolute Gasteiger partial charge is 0.298 e. The van der Waals surface area contributed by atoms with Crippen LogP contribution in [0.25, 0.3) is 0 Å². The monoisotopic (exact) mass is 267 g/mol. The first-order chi connectivity index (χ1) is 8.61. The van der Waals surface area contributed by atoms with Gasteiger partial charge in [-0.05, 0) is 53.9 Å². The zero-order chi connectivity index (χ0) is 15.2. The predicted molar refractivity (Wildman–Crippen MR) is 83.0 cm³/mol. The van der Waals surface area contributed by atoms with Crippen molar-refractivity contribution in [2.75, 3.05) is 6.54 Å². The number of nitrogens with zero attached hydrogens (tertiary/aromatic N) is 2. The van der Waals surface area contributed by atoms with E-state index in [1.165, 1.54) is 0 Å². The summed E-state index contributed by atoms with van der Waals surface area (Å²) in [5.41, 5.74) is -0.447. The topological polar surface area (TPSA) is 39.1 Å². The van der Waals surface area contributed by atoms with E-state index in [-0.39, 0.29) is 0 Å². The third kappa shape index (κ3) is 6.94. The van der Waals surface area contributed by atoms with Gasteiger partial charge in [0.1, 0.15) is 5.54 Å². The van der Waals surface area contributed by atoms with Gasteiger partial charge in [0.15, 0.2) is 0 Å². The molecule has 0 aromatic rings. The Morgan fingerprint density at radius 3 is 1.95 bits per heavy atom. The van der Waals surface area contributed by atoms with Crippen LogP contribution in [0.4, 0.5) is 0 Å². The van der Waals surface area contributed by atoms with Crippen molar-refractivity contribution >= 4 is 0 Å². The smallest absolute Gasteiger partial charge is 0.105 e. The molecule has 19 heavy (non-hydrogen) atoms. The van der Waals surface area contributed by atoms with Crippen LogP contribution in [-0.2, 0) is 0 Å². The molecule has 0 aliphatic rings. The Kier molecular flexibility index (Phi) is 7.62. The summed E-state index contributed by atoms with van der Waals surface area (Å²) >= 11 is 0. The highest BCUT2D eigenvalue weighted by atomic mass is 15.2. The Morgan fingerprint density at radius 1 is 1.11 bits per heavy atom. The molecular weight excluding hydrogens is 234 g/mol. The van der Waals surface area contributed by atoms with Gasteiger partial charge < -0.3 is 0 Å². The lowest BCUT2D eigenvalue weighted by Crippen LogP contribution is -2.51. The summed E-state index contributed by atoms with van der Waals surface area (Å²) in [6, 6.07) is 3.69. The standard InChI is InChI=1S/C16H33N3/c1-12(2)10-19(14(5)6)15(7)9-16(8,11-17)18-13(3)4/h12-15,18H,9-10H2,1-8H3. The SMILES string of the molecule is CC(C)CN(C(C)C)C(C)CC(C)(C#N)NC(C)C. The van der Waals surface area contributed by atoms with E-state index in [0.29, 0.717) is 24.0 Å². The number of nitrogens with one attached hydrogen (secondary N) is 1. The summed E-state index contributed by atoms with van der Waals surface area (Å²) in [5.74, 6) is 0.649. The van der Waals surface area contributed by atoms with Gasteiger partial charge in [0, 0.05) is 24.7 Å². The molecule has 0 rings (SSSR count). The molecular formula is C16H33N3. The van der Waals surface area contributed by atoms with Crippen molar-refractivity contribution in [1.29, 1.82) is 5.26 Å². The molecule has 3 heteroatoms. The van der Waals surface area contributed by atoms with Crippen molar-refractivity contribution in [3.05, 3.63) is 0 Å². The summed E-state index contributed by atoms with van der Waals surface area (Å²) < 4.78 is 0. The summed E-state index contributed by atoms with van der Waals surface area (Å²) in [5, 5.41) is 12.9. The molecule has 0 spiro atoms. The average molecular weight is 267 g/mol. The van der Waals surface area contributed by atoms with E-state index >= 15 is 0 Å². The van der Waals surface area contributed by atoms with Gasteiger partial charge in [-0.25, -0.2) is 0 Å². The molecule has 0 amide bonds. The zero-order valence-electron chi connectivity index (χ0n) is 14.1. The van der Waals surface area contributed by atoms with E-state index < -0.39 is 5.54 Å². The van der Waals surface area contributed by atoms with E-state index in [0.717, 1.165) is 13.0 Å². The minimum Gasteiger partial charge on any atom is -0.298 e.